The van der Waals surface area contributed by atoms with Crippen LogP contribution < -0.4 is 10.1 Å². The van der Waals surface area contributed by atoms with Crippen molar-refractivity contribution in [1.29, 1.82) is 0 Å². The Balaban J connectivity index is 2.19. The average Bonchev–Trinajstić information content (AvgIpc) is 2.81. The number of aryl methyl sites for hydroxylation is 1. The van der Waals surface area contributed by atoms with Crippen molar-refractivity contribution in [3.8, 4) is 5.75 Å². The molecule has 0 amide bonds. The van der Waals surface area contributed by atoms with Gasteiger partial charge < -0.3 is 10.1 Å². The summed E-state index contributed by atoms with van der Waals surface area (Å²) in [6, 6.07) is 6.14. The van der Waals surface area contributed by atoms with Crippen molar-refractivity contribution in [1.82, 2.24) is 25.5 Å². The van der Waals surface area contributed by atoms with Crippen molar-refractivity contribution in [3.63, 3.8) is 0 Å². The molecule has 102 valence electrons. The highest BCUT2D eigenvalue weighted by Crippen LogP contribution is 2.28. The second-order valence-electron chi connectivity index (χ2n) is 4.13. The predicted molar refractivity (Wildman–Crippen MR) is 75.0 cm³/mol. The monoisotopic (exact) mass is 325 g/mol. The Labute approximate surface area is 120 Å². The molecule has 1 unspecified atom stereocenters. The normalized spacial score (nSPS) is 12.4. The number of ether oxygens (including phenoxy) is 1. The molecule has 0 spiro atoms. The first-order chi connectivity index (χ1) is 9.13. The summed E-state index contributed by atoms with van der Waals surface area (Å²) in [5.41, 5.74) is 1.14. The molecule has 0 fully saturated rings. The summed E-state index contributed by atoms with van der Waals surface area (Å²) in [6.45, 7) is 0. The summed E-state index contributed by atoms with van der Waals surface area (Å²) in [7, 11) is 5.33. The van der Waals surface area contributed by atoms with Crippen LogP contribution in [-0.4, -0.2) is 34.4 Å². The van der Waals surface area contributed by atoms with E-state index in [0.29, 0.717) is 12.2 Å². The Hall–Kier alpha value is -1.47. The largest absolute Gasteiger partial charge is 0.496 e. The second kappa shape index (κ2) is 6.12. The highest BCUT2D eigenvalue weighted by Gasteiger charge is 2.14. The van der Waals surface area contributed by atoms with Gasteiger partial charge in [0.1, 0.15) is 5.75 Å². The molecule has 6 nitrogen and oxygen atoms in total. The number of aromatic nitrogens is 4. The van der Waals surface area contributed by atoms with Crippen molar-refractivity contribution in [2.75, 3.05) is 14.2 Å². The average molecular weight is 326 g/mol. The van der Waals surface area contributed by atoms with Gasteiger partial charge in [0.25, 0.3) is 0 Å². The molecule has 0 aliphatic carbocycles. The van der Waals surface area contributed by atoms with Gasteiger partial charge in [0.05, 0.1) is 18.6 Å². The maximum atomic E-state index is 5.23. The van der Waals surface area contributed by atoms with E-state index in [0.717, 1.165) is 15.8 Å². The molecule has 1 N–H and O–H groups in total. The molecule has 0 aliphatic heterocycles. The molecule has 0 radical (unpaired) electrons. The quantitative estimate of drug-likeness (QED) is 0.902. The molecule has 0 saturated carbocycles. The molecule has 1 aromatic heterocycles. The van der Waals surface area contributed by atoms with Crippen LogP contribution in [0.15, 0.2) is 22.7 Å². The highest BCUT2D eigenvalue weighted by molar-refractivity contribution is 9.10. The van der Waals surface area contributed by atoms with Gasteiger partial charge in [-0.15, -0.1) is 10.2 Å². The van der Waals surface area contributed by atoms with Crippen molar-refractivity contribution in [2.24, 2.45) is 7.05 Å². The zero-order valence-electron chi connectivity index (χ0n) is 11.1. The number of nitrogens with zero attached hydrogens (tertiary/aromatic N) is 4. The number of methoxy groups -OCH3 is 1. The zero-order valence-corrected chi connectivity index (χ0v) is 12.7. The topological polar surface area (TPSA) is 64.9 Å². The Morgan fingerprint density at radius 2 is 2.26 bits per heavy atom. The maximum absolute atomic E-state index is 5.23. The van der Waals surface area contributed by atoms with Crippen LogP contribution in [0, 0.1) is 0 Å². The third kappa shape index (κ3) is 3.30. The minimum absolute atomic E-state index is 0.131. The van der Waals surface area contributed by atoms with E-state index in [1.165, 1.54) is 4.80 Å². The lowest BCUT2D eigenvalue weighted by atomic mass is 10.0. The molecule has 7 heteroatoms. The van der Waals surface area contributed by atoms with Crippen LogP contribution in [0.4, 0.5) is 0 Å². The van der Waals surface area contributed by atoms with Crippen LogP contribution in [-0.2, 0) is 13.5 Å². The first kappa shape index (κ1) is 14.0. The van der Waals surface area contributed by atoms with Crippen LogP contribution in [0.3, 0.4) is 0 Å². The van der Waals surface area contributed by atoms with E-state index < -0.39 is 0 Å². The van der Waals surface area contributed by atoms with Gasteiger partial charge >= 0.3 is 0 Å². The fraction of sp³-hybridized carbons (Fsp3) is 0.417. The van der Waals surface area contributed by atoms with Gasteiger partial charge in [-0.25, -0.2) is 0 Å². The summed E-state index contributed by atoms with van der Waals surface area (Å²) in [5.74, 6) is 1.53. The Morgan fingerprint density at radius 1 is 1.47 bits per heavy atom. The first-order valence-electron chi connectivity index (χ1n) is 5.87. The van der Waals surface area contributed by atoms with Crippen LogP contribution >= 0.6 is 15.9 Å². The first-order valence-corrected chi connectivity index (χ1v) is 6.67. The van der Waals surface area contributed by atoms with E-state index in [1.807, 2.05) is 25.2 Å². The summed E-state index contributed by atoms with van der Waals surface area (Å²) in [6.07, 6.45) is 0.684. The number of hydrogen-bond donors (Lipinski definition) is 1. The molecule has 0 aliphatic rings. The van der Waals surface area contributed by atoms with E-state index in [4.69, 9.17) is 4.74 Å². The number of rotatable bonds is 5. The molecule has 1 heterocycles. The number of likely N-dealkylation sites (N-methyl/N-ethyl adjacent to an activating group) is 1. The molecule has 19 heavy (non-hydrogen) atoms. The molecule has 2 rings (SSSR count). The van der Waals surface area contributed by atoms with Crippen molar-refractivity contribution >= 4 is 15.9 Å². The van der Waals surface area contributed by atoms with Crippen LogP contribution in [0.2, 0.25) is 0 Å². The predicted octanol–water partition coefficient (Wildman–Crippen LogP) is 1.48. The van der Waals surface area contributed by atoms with E-state index in [2.05, 4.69) is 36.7 Å². The number of nitrogens with one attached hydrogen (secondary N) is 1. The van der Waals surface area contributed by atoms with Gasteiger partial charge in [0, 0.05) is 12.5 Å². The molecule has 1 atom stereocenters. The minimum Gasteiger partial charge on any atom is -0.496 e. The minimum atomic E-state index is 0.131. The lowest BCUT2D eigenvalue weighted by Gasteiger charge is -2.16. The van der Waals surface area contributed by atoms with Crippen molar-refractivity contribution in [3.05, 3.63) is 34.1 Å². The Bertz CT molecular complexity index is 557. The smallest absolute Gasteiger partial charge is 0.176 e. The Morgan fingerprint density at radius 3 is 2.79 bits per heavy atom. The van der Waals surface area contributed by atoms with E-state index >= 15 is 0 Å². The van der Waals surface area contributed by atoms with Gasteiger partial charge in [-0.1, -0.05) is 6.07 Å². The van der Waals surface area contributed by atoms with E-state index in [9.17, 15) is 0 Å². The summed E-state index contributed by atoms with van der Waals surface area (Å²) in [5, 5.41) is 15.3. The molecule has 0 saturated heterocycles. The lowest BCUT2D eigenvalue weighted by Crippen LogP contribution is -2.19. The standard InChI is InChI=1S/C12H16BrN5O/c1-14-10(7-12-15-17-18(2)16-12)8-4-5-11(19-3)9(13)6-8/h4-6,10,14H,7H2,1-3H3. The summed E-state index contributed by atoms with van der Waals surface area (Å²) < 4.78 is 6.16. The molecule has 1 aromatic carbocycles. The Kier molecular flexibility index (Phi) is 4.49. The molecule has 2 aromatic rings. The van der Waals surface area contributed by atoms with E-state index in [1.54, 1.807) is 14.2 Å². The van der Waals surface area contributed by atoms with Gasteiger partial charge in [-0.2, -0.15) is 4.80 Å². The van der Waals surface area contributed by atoms with Crippen molar-refractivity contribution in [2.45, 2.75) is 12.5 Å². The van der Waals surface area contributed by atoms with Crippen LogP contribution in [0.5, 0.6) is 5.75 Å². The number of benzene rings is 1. The van der Waals surface area contributed by atoms with Gasteiger partial charge in [0.2, 0.25) is 0 Å². The third-order valence-corrected chi connectivity index (χ3v) is 3.48. The third-order valence-electron chi connectivity index (χ3n) is 2.86. The summed E-state index contributed by atoms with van der Waals surface area (Å²) >= 11 is 3.49. The lowest BCUT2D eigenvalue weighted by molar-refractivity contribution is 0.411. The maximum Gasteiger partial charge on any atom is 0.176 e. The van der Waals surface area contributed by atoms with Crippen LogP contribution in [0.25, 0.3) is 0 Å². The fourth-order valence-corrected chi connectivity index (χ4v) is 2.43. The molecular formula is C12H16BrN5O. The molecule has 0 bridgehead atoms. The van der Waals surface area contributed by atoms with Crippen LogP contribution in [0.1, 0.15) is 17.4 Å². The number of tetrazole rings is 1. The van der Waals surface area contributed by atoms with Gasteiger partial charge in [-0.05, 0) is 45.9 Å². The zero-order chi connectivity index (χ0) is 13.8. The van der Waals surface area contributed by atoms with Gasteiger partial charge in [0.15, 0.2) is 5.82 Å². The SMILES string of the molecule is CNC(Cc1nnn(C)n1)c1ccc(OC)c(Br)c1. The van der Waals surface area contributed by atoms with Gasteiger partial charge in [-0.3, -0.25) is 0 Å². The highest BCUT2D eigenvalue weighted by atomic mass is 79.9. The fourth-order valence-electron chi connectivity index (χ4n) is 1.87. The number of hydrogen-bond acceptors (Lipinski definition) is 5. The number of halogens is 1. The summed E-state index contributed by atoms with van der Waals surface area (Å²) in [4.78, 5) is 1.46. The van der Waals surface area contributed by atoms with Crippen molar-refractivity contribution < 1.29 is 4.74 Å². The molecular weight excluding hydrogens is 310 g/mol. The second-order valence-corrected chi connectivity index (χ2v) is 4.99. The van der Waals surface area contributed by atoms with E-state index in [-0.39, 0.29) is 6.04 Å².